The number of amides is 1. The summed E-state index contributed by atoms with van der Waals surface area (Å²) in [6.45, 7) is 11.0. The van der Waals surface area contributed by atoms with Crippen LogP contribution < -0.4 is 5.56 Å². The van der Waals surface area contributed by atoms with E-state index in [4.69, 9.17) is 0 Å². The van der Waals surface area contributed by atoms with Gasteiger partial charge in [0, 0.05) is 32.7 Å². The van der Waals surface area contributed by atoms with E-state index in [1.807, 2.05) is 18.7 Å². The second kappa shape index (κ2) is 7.03. The lowest BCUT2D eigenvalue weighted by Gasteiger charge is -2.33. The Bertz CT molecular complexity index is 803. The predicted octanol–water partition coefficient (Wildman–Crippen LogP) is 1.95. The summed E-state index contributed by atoms with van der Waals surface area (Å²) in [6, 6.07) is 0. The third-order valence-corrected chi connectivity index (χ3v) is 5.87. The lowest BCUT2D eigenvalue weighted by Crippen LogP contribution is -2.48. The second-order valence-electron chi connectivity index (χ2n) is 6.21. The predicted molar refractivity (Wildman–Crippen MR) is 96.9 cm³/mol. The first-order valence-corrected chi connectivity index (χ1v) is 9.38. The molecule has 0 unspecified atom stereocenters. The van der Waals surface area contributed by atoms with Crippen molar-refractivity contribution in [2.45, 2.75) is 33.7 Å². The second-order valence-corrected chi connectivity index (χ2v) is 7.20. The number of carbonyl (C=O) groups excluding carboxylic acids is 1. The summed E-state index contributed by atoms with van der Waals surface area (Å²) in [7, 11) is 0. The van der Waals surface area contributed by atoms with E-state index >= 15 is 0 Å². The highest BCUT2D eigenvalue weighted by Crippen LogP contribution is 2.28. The Morgan fingerprint density at radius 1 is 1.25 bits per heavy atom. The Labute approximate surface area is 145 Å². The van der Waals surface area contributed by atoms with E-state index in [-0.39, 0.29) is 11.5 Å². The molecular formula is C17H24N4O2S. The summed E-state index contributed by atoms with van der Waals surface area (Å²) < 4.78 is 1.64. The van der Waals surface area contributed by atoms with Crippen LogP contribution in [0, 0.1) is 6.92 Å². The number of aromatic nitrogens is 2. The Balaban J connectivity index is 1.93. The molecule has 1 saturated heterocycles. The van der Waals surface area contributed by atoms with Crippen molar-refractivity contribution in [3.05, 3.63) is 27.1 Å². The van der Waals surface area contributed by atoms with E-state index < -0.39 is 0 Å². The molecule has 0 aliphatic carbocycles. The normalized spacial score (nSPS) is 16.0. The largest absolute Gasteiger partial charge is 0.335 e. The van der Waals surface area contributed by atoms with Crippen LogP contribution in [0.15, 0.2) is 11.1 Å². The van der Waals surface area contributed by atoms with Crippen LogP contribution in [-0.2, 0) is 6.54 Å². The molecule has 0 saturated carbocycles. The SMILES string of the molecule is CCCn1cnc2sc(C(=O)N3CCN(CC)CC3)c(C)c2c1=O. The first kappa shape index (κ1) is 17.1. The average molecular weight is 348 g/mol. The van der Waals surface area contributed by atoms with Gasteiger partial charge in [-0.15, -0.1) is 11.3 Å². The zero-order valence-corrected chi connectivity index (χ0v) is 15.4. The molecule has 0 bridgehead atoms. The first-order valence-electron chi connectivity index (χ1n) is 8.57. The van der Waals surface area contributed by atoms with E-state index in [1.165, 1.54) is 11.3 Å². The van der Waals surface area contributed by atoms with Crippen molar-refractivity contribution in [2.75, 3.05) is 32.7 Å². The van der Waals surface area contributed by atoms with E-state index in [0.717, 1.165) is 44.7 Å². The molecule has 0 spiro atoms. The Morgan fingerprint density at radius 3 is 2.58 bits per heavy atom. The number of hydrogen-bond acceptors (Lipinski definition) is 5. The highest BCUT2D eigenvalue weighted by molar-refractivity contribution is 7.20. The highest BCUT2D eigenvalue weighted by Gasteiger charge is 2.26. The molecule has 1 amide bonds. The fourth-order valence-corrected chi connectivity index (χ4v) is 4.28. The van der Waals surface area contributed by atoms with Crippen molar-refractivity contribution in [1.82, 2.24) is 19.4 Å². The van der Waals surface area contributed by atoms with E-state index in [2.05, 4.69) is 16.8 Å². The van der Waals surface area contributed by atoms with Gasteiger partial charge in [0.15, 0.2) is 0 Å². The molecule has 6 nitrogen and oxygen atoms in total. The van der Waals surface area contributed by atoms with Crippen molar-refractivity contribution in [3.63, 3.8) is 0 Å². The molecule has 1 aliphatic rings. The van der Waals surface area contributed by atoms with Crippen molar-refractivity contribution in [2.24, 2.45) is 0 Å². The summed E-state index contributed by atoms with van der Waals surface area (Å²) in [5.41, 5.74) is 0.742. The lowest BCUT2D eigenvalue weighted by atomic mass is 10.2. The highest BCUT2D eigenvalue weighted by atomic mass is 32.1. The fraction of sp³-hybridized carbons (Fsp3) is 0.588. The molecule has 0 N–H and O–H groups in total. The molecule has 3 heterocycles. The monoisotopic (exact) mass is 348 g/mol. The summed E-state index contributed by atoms with van der Waals surface area (Å²) >= 11 is 1.34. The molecule has 7 heteroatoms. The third kappa shape index (κ3) is 2.98. The molecule has 1 aliphatic heterocycles. The molecule has 2 aromatic rings. The number of nitrogens with zero attached hydrogens (tertiary/aromatic N) is 4. The van der Waals surface area contributed by atoms with Gasteiger partial charge in [-0.05, 0) is 25.5 Å². The summed E-state index contributed by atoms with van der Waals surface area (Å²) in [4.78, 5) is 35.5. The van der Waals surface area contributed by atoms with Crippen molar-refractivity contribution in [1.29, 1.82) is 0 Å². The van der Waals surface area contributed by atoms with Crippen LogP contribution in [0.25, 0.3) is 10.2 Å². The maximum atomic E-state index is 12.9. The Hall–Kier alpha value is -1.73. The average Bonchev–Trinajstić information content (AvgIpc) is 2.94. The van der Waals surface area contributed by atoms with Gasteiger partial charge in [0.1, 0.15) is 4.83 Å². The molecule has 24 heavy (non-hydrogen) atoms. The Morgan fingerprint density at radius 2 is 1.96 bits per heavy atom. The van der Waals surface area contributed by atoms with E-state index in [0.29, 0.717) is 21.6 Å². The number of rotatable bonds is 4. The minimum atomic E-state index is -0.0366. The lowest BCUT2D eigenvalue weighted by molar-refractivity contribution is 0.0647. The van der Waals surface area contributed by atoms with Gasteiger partial charge < -0.3 is 9.80 Å². The smallest absolute Gasteiger partial charge is 0.264 e. The molecule has 2 aromatic heterocycles. The molecule has 0 atom stereocenters. The van der Waals surface area contributed by atoms with Crippen LogP contribution >= 0.6 is 11.3 Å². The van der Waals surface area contributed by atoms with Gasteiger partial charge in [-0.2, -0.15) is 0 Å². The van der Waals surface area contributed by atoms with Crippen molar-refractivity contribution in [3.8, 4) is 0 Å². The molecular weight excluding hydrogens is 324 g/mol. The van der Waals surface area contributed by atoms with Gasteiger partial charge in [0.2, 0.25) is 0 Å². The van der Waals surface area contributed by atoms with Gasteiger partial charge in [0.05, 0.1) is 16.6 Å². The minimum absolute atomic E-state index is 0.0349. The van der Waals surface area contributed by atoms with Crippen LogP contribution in [0.3, 0.4) is 0 Å². The van der Waals surface area contributed by atoms with Crippen LogP contribution in [0.1, 0.15) is 35.5 Å². The first-order chi connectivity index (χ1) is 11.6. The molecule has 1 fully saturated rings. The number of carbonyl (C=O) groups is 1. The van der Waals surface area contributed by atoms with Crippen LogP contribution in [0.4, 0.5) is 0 Å². The quantitative estimate of drug-likeness (QED) is 0.847. The van der Waals surface area contributed by atoms with Gasteiger partial charge in [-0.3, -0.25) is 14.2 Å². The fourth-order valence-electron chi connectivity index (χ4n) is 3.17. The zero-order chi connectivity index (χ0) is 17.3. The van der Waals surface area contributed by atoms with Crippen LogP contribution in [-0.4, -0.2) is 58.0 Å². The molecule has 0 radical (unpaired) electrons. The standard InChI is InChI=1S/C17H24N4O2S/c1-4-6-21-11-18-15-13(16(21)22)12(3)14(24-15)17(23)20-9-7-19(5-2)8-10-20/h11H,4-10H2,1-3H3. The molecule has 0 aromatic carbocycles. The number of fused-ring (bicyclic) bond motifs is 1. The van der Waals surface area contributed by atoms with Gasteiger partial charge in [0.25, 0.3) is 11.5 Å². The van der Waals surface area contributed by atoms with Crippen molar-refractivity contribution < 1.29 is 4.79 Å². The summed E-state index contributed by atoms with van der Waals surface area (Å²) in [5, 5.41) is 0.603. The number of likely N-dealkylation sites (N-methyl/N-ethyl adjacent to an activating group) is 1. The van der Waals surface area contributed by atoms with Crippen LogP contribution in [0.5, 0.6) is 0 Å². The maximum Gasteiger partial charge on any atom is 0.264 e. The third-order valence-electron chi connectivity index (χ3n) is 4.68. The molecule has 3 rings (SSSR count). The zero-order valence-electron chi connectivity index (χ0n) is 14.5. The number of piperazine rings is 1. The number of hydrogen-bond donors (Lipinski definition) is 0. The molecule has 130 valence electrons. The van der Waals surface area contributed by atoms with E-state index in [9.17, 15) is 9.59 Å². The number of thiophene rings is 1. The summed E-state index contributed by atoms with van der Waals surface area (Å²) in [6.07, 6.45) is 2.47. The number of aryl methyl sites for hydroxylation is 2. The van der Waals surface area contributed by atoms with Crippen LogP contribution in [0.2, 0.25) is 0 Å². The maximum absolute atomic E-state index is 12.9. The topological polar surface area (TPSA) is 58.4 Å². The van der Waals surface area contributed by atoms with Crippen molar-refractivity contribution >= 4 is 27.5 Å². The minimum Gasteiger partial charge on any atom is -0.335 e. The van der Waals surface area contributed by atoms with E-state index in [1.54, 1.807) is 10.9 Å². The van der Waals surface area contributed by atoms with Gasteiger partial charge in [-0.1, -0.05) is 13.8 Å². The Kier molecular flexibility index (Phi) is 5.01. The van der Waals surface area contributed by atoms with Gasteiger partial charge in [-0.25, -0.2) is 4.98 Å². The summed E-state index contributed by atoms with van der Waals surface area (Å²) in [5.74, 6) is 0.0349. The van der Waals surface area contributed by atoms with Gasteiger partial charge >= 0.3 is 0 Å².